The van der Waals surface area contributed by atoms with E-state index in [1.54, 1.807) is 68.4 Å². The number of carbonyl (C=O) groups excluding carboxylic acids is 2. The second-order valence-electron chi connectivity index (χ2n) is 11.0. The summed E-state index contributed by atoms with van der Waals surface area (Å²) in [7, 11) is -3.09. The quantitative estimate of drug-likeness (QED) is 0.176. The lowest BCUT2D eigenvalue weighted by Gasteiger charge is -2.29. The molecule has 0 saturated carbocycles. The Morgan fingerprint density at radius 3 is 2.16 bits per heavy atom. The zero-order valence-corrected chi connectivity index (χ0v) is 27.9. The van der Waals surface area contributed by atoms with Crippen LogP contribution in [0, 0.1) is 13.8 Å². The van der Waals surface area contributed by atoms with Gasteiger partial charge in [0.15, 0.2) is 0 Å². The largest absolute Gasteiger partial charge is 0.418 e. The molecule has 9 nitrogen and oxygen atoms in total. The first-order chi connectivity index (χ1) is 23.2. The number of sulfonamides is 1. The van der Waals surface area contributed by atoms with E-state index in [-0.39, 0.29) is 33.5 Å². The van der Waals surface area contributed by atoms with Crippen LogP contribution in [0.4, 0.5) is 29.5 Å². The predicted octanol–water partition coefficient (Wildman–Crippen LogP) is 7.81. The number of nitrogens with one attached hydrogen (secondary N) is 1. The minimum Gasteiger partial charge on any atom is -0.296 e. The minimum absolute atomic E-state index is 0.00436. The van der Waals surface area contributed by atoms with Crippen molar-refractivity contribution < 1.29 is 31.2 Å². The van der Waals surface area contributed by atoms with Gasteiger partial charge in [0.25, 0.3) is 15.9 Å². The summed E-state index contributed by atoms with van der Waals surface area (Å²) in [4.78, 5) is 37.4. The predicted molar refractivity (Wildman–Crippen MR) is 181 cm³/mol. The van der Waals surface area contributed by atoms with E-state index in [1.165, 1.54) is 54.4 Å². The molecule has 0 radical (unpaired) electrons. The maximum atomic E-state index is 13.9. The van der Waals surface area contributed by atoms with E-state index in [2.05, 4.69) is 14.7 Å². The summed E-state index contributed by atoms with van der Waals surface area (Å²) in [5.74, 6) is -0.347. The lowest BCUT2D eigenvalue weighted by atomic mass is 10.0. The van der Waals surface area contributed by atoms with E-state index in [4.69, 9.17) is 11.6 Å². The van der Waals surface area contributed by atoms with Crippen LogP contribution in [-0.4, -0.2) is 37.4 Å². The van der Waals surface area contributed by atoms with Crippen molar-refractivity contribution in [3.05, 3.63) is 136 Å². The van der Waals surface area contributed by atoms with E-state index >= 15 is 0 Å². The maximum Gasteiger partial charge on any atom is 0.418 e. The SMILES string of the molecule is Cc1cc(N(Cc2ccc(-c3ccccc3S(=O)(=O)NC(=O)c3ccccc3Cl)cc2)C(=O)N(C)c2ccccc2C(F)(F)F)nc(C)n1. The number of aromatic nitrogens is 2. The van der Waals surface area contributed by atoms with E-state index in [0.717, 1.165) is 11.0 Å². The average Bonchev–Trinajstić information content (AvgIpc) is 3.06. The highest BCUT2D eigenvalue weighted by atomic mass is 35.5. The van der Waals surface area contributed by atoms with Crippen LogP contribution in [-0.2, 0) is 22.7 Å². The van der Waals surface area contributed by atoms with Gasteiger partial charge >= 0.3 is 12.2 Å². The van der Waals surface area contributed by atoms with Crippen LogP contribution < -0.4 is 14.5 Å². The molecule has 0 bridgehead atoms. The molecule has 4 aromatic carbocycles. The molecule has 0 atom stereocenters. The van der Waals surface area contributed by atoms with Gasteiger partial charge in [0.1, 0.15) is 11.6 Å². The molecule has 1 heterocycles. The lowest BCUT2D eigenvalue weighted by molar-refractivity contribution is -0.137. The number of nitrogens with zero attached hydrogens (tertiary/aromatic N) is 4. The Morgan fingerprint density at radius 1 is 0.857 bits per heavy atom. The van der Waals surface area contributed by atoms with Crippen molar-refractivity contribution in [2.45, 2.75) is 31.5 Å². The number of benzene rings is 4. The standard InChI is InChI=1S/C35H29ClF3N5O4S/c1-22-20-32(41-23(2)40-22)44(34(46)43(3)30-14-8-6-12-28(30)35(37,38)39)21-24-16-18-25(19-17-24)26-10-5-9-15-31(26)49(47,48)42-33(45)27-11-4-7-13-29(27)36/h4-20H,21H2,1-3H3,(H,42,45). The number of anilines is 2. The normalized spacial score (nSPS) is 11.6. The Bertz CT molecular complexity index is 2120. The van der Waals surface area contributed by atoms with Gasteiger partial charge in [-0.25, -0.2) is 27.9 Å². The monoisotopic (exact) mass is 707 g/mol. The van der Waals surface area contributed by atoms with Crippen molar-refractivity contribution in [1.82, 2.24) is 14.7 Å². The second kappa shape index (κ2) is 14.1. The van der Waals surface area contributed by atoms with Crippen LogP contribution in [0.1, 0.15) is 33.0 Å². The summed E-state index contributed by atoms with van der Waals surface area (Å²) in [6, 6.07) is 24.3. The fourth-order valence-corrected chi connectivity index (χ4v) is 6.58. The van der Waals surface area contributed by atoms with Crippen LogP contribution in [0.25, 0.3) is 11.1 Å². The molecule has 0 spiro atoms. The highest BCUT2D eigenvalue weighted by Crippen LogP contribution is 2.37. The van der Waals surface area contributed by atoms with Gasteiger partial charge in [-0.3, -0.25) is 14.6 Å². The summed E-state index contributed by atoms with van der Waals surface area (Å²) in [5.41, 5.74) is 0.591. The van der Waals surface area contributed by atoms with Gasteiger partial charge in [-0.2, -0.15) is 13.2 Å². The van der Waals surface area contributed by atoms with Gasteiger partial charge in [0.2, 0.25) is 0 Å². The molecule has 3 amide bonds. The van der Waals surface area contributed by atoms with Crippen LogP contribution in [0.2, 0.25) is 5.02 Å². The van der Waals surface area contributed by atoms with Gasteiger partial charge in [-0.15, -0.1) is 0 Å². The van der Waals surface area contributed by atoms with Crippen molar-refractivity contribution in [1.29, 1.82) is 0 Å². The van der Waals surface area contributed by atoms with Crippen LogP contribution >= 0.6 is 11.6 Å². The zero-order valence-electron chi connectivity index (χ0n) is 26.4. The molecule has 49 heavy (non-hydrogen) atoms. The highest BCUT2D eigenvalue weighted by molar-refractivity contribution is 7.90. The Kier molecular flexibility index (Phi) is 10.1. The van der Waals surface area contributed by atoms with Gasteiger partial charge in [-0.05, 0) is 55.3 Å². The third-order valence-corrected chi connectivity index (χ3v) is 9.16. The highest BCUT2D eigenvalue weighted by Gasteiger charge is 2.36. The molecule has 0 aliphatic heterocycles. The van der Waals surface area contributed by atoms with Crippen LogP contribution in [0.15, 0.2) is 108 Å². The smallest absolute Gasteiger partial charge is 0.296 e. The summed E-state index contributed by atoms with van der Waals surface area (Å²) in [6.07, 6.45) is -4.70. The topological polar surface area (TPSA) is 113 Å². The molecule has 14 heteroatoms. The average molecular weight is 708 g/mol. The summed E-state index contributed by atoms with van der Waals surface area (Å²) < 4.78 is 70.4. The molecule has 1 aromatic heterocycles. The minimum atomic E-state index is -4.70. The Labute approximate surface area is 286 Å². The molecule has 252 valence electrons. The third-order valence-electron chi connectivity index (χ3n) is 7.45. The summed E-state index contributed by atoms with van der Waals surface area (Å²) >= 11 is 6.08. The van der Waals surface area contributed by atoms with Crippen molar-refractivity contribution in [3.8, 4) is 11.1 Å². The summed E-state index contributed by atoms with van der Waals surface area (Å²) in [6.45, 7) is 3.25. The van der Waals surface area contributed by atoms with E-state index < -0.39 is 33.7 Å². The molecule has 1 N–H and O–H groups in total. The molecule has 5 aromatic rings. The molecular weight excluding hydrogens is 679 g/mol. The molecule has 0 aliphatic rings. The first-order valence-electron chi connectivity index (χ1n) is 14.7. The number of amides is 3. The van der Waals surface area contributed by atoms with Gasteiger partial charge in [0.05, 0.1) is 33.3 Å². The fraction of sp³-hybridized carbons (Fsp3) is 0.143. The zero-order chi connectivity index (χ0) is 35.5. The number of carbonyl (C=O) groups is 2. The number of aryl methyl sites for hydroxylation is 2. The number of halogens is 4. The van der Waals surface area contributed by atoms with E-state index in [1.807, 2.05) is 0 Å². The molecular formula is C35H29ClF3N5O4S. The van der Waals surface area contributed by atoms with Crippen molar-refractivity contribution in [2.75, 3.05) is 16.8 Å². The number of hydrogen-bond acceptors (Lipinski definition) is 6. The van der Waals surface area contributed by atoms with E-state index in [0.29, 0.717) is 28.2 Å². The van der Waals surface area contributed by atoms with Crippen molar-refractivity contribution in [3.63, 3.8) is 0 Å². The molecule has 0 unspecified atom stereocenters. The van der Waals surface area contributed by atoms with Crippen molar-refractivity contribution in [2.24, 2.45) is 0 Å². The van der Waals surface area contributed by atoms with Gasteiger partial charge in [0, 0.05) is 24.4 Å². The maximum absolute atomic E-state index is 13.9. The van der Waals surface area contributed by atoms with Crippen LogP contribution in [0.3, 0.4) is 0 Å². The van der Waals surface area contributed by atoms with Gasteiger partial charge in [-0.1, -0.05) is 78.3 Å². The second-order valence-corrected chi connectivity index (χ2v) is 13.0. The lowest BCUT2D eigenvalue weighted by Crippen LogP contribution is -2.42. The Balaban J connectivity index is 1.46. The van der Waals surface area contributed by atoms with E-state index in [9.17, 15) is 31.2 Å². The molecule has 5 rings (SSSR count). The number of urea groups is 1. The van der Waals surface area contributed by atoms with Crippen molar-refractivity contribution >= 4 is 45.1 Å². The third kappa shape index (κ3) is 7.90. The first-order valence-corrected chi connectivity index (χ1v) is 16.6. The van der Waals surface area contributed by atoms with Gasteiger partial charge < -0.3 is 0 Å². The number of alkyl halides is 3. The first kappa shape index (κ1) is 35.0. The number of para-hydroxylation sites is 1. The molecule has 0 aliphatic carbocycles. The Hall–Kier alpha value is -5.27. The molecule has 0 saturated heterocycles. The number of rotatable bonds is 8. The fourth-order valence-electron chi connectivity index (χ4n) is 5.16. The Morgan fingerprint density at radius 2 is 1.49 bits per heavy atom. The van der Waals surface area contributed by atoms with Crippen LogP contribution in [0.5, 0.6) is 0 Å². The molecule has 0 fully saturated rings. The number of hydrogen-bond donors (Lipinski definition) is 1. The summed E-state index contributed by atoms with van der Waals surface area (Å²) in [5, 5.41) is 0.0923.